The van der Waals surface area contributed by atoms with Crippen molar-refractivity contribution in [3.63, 3.8) is 0 Å². The van der Waals surface area contributed by atoms with Crippen LogP contribution in [-0.2, 0) is 6.42 Å². The molecule has 31 heavy (non-hydrogen) atoms. The smallest absolute Gasteiger partial charge is 0.157 e. The number of allylic oxidation sites excluding steroid dienone is 1. The molecule has 0 amide bonds. The maximum absolute atomic E-state index is 13.1. The summed E-state index contributed by atoms with van der Waals surface area (Å²) in [6, 6.07) is 12.5. The van der Waals surface area contributed by atoms with Crippen LogP contribution in [0.25, 0.3) is 11.8 Å². The van der Waals surface area contributed by atoms with Crippen LogP contribution in [0, 0.1) is 12.7 Å². The summed E-state index contributed by atoms with van der Waals surface area (Å²) in [5.74, 6) is 1.98. The number of aromatic nitrogens is 5. The van der Waals surface area contributed by atoms with Crippen LogP contribution in [0.1, 0.15) is 41.3 Å². The topological polar surface area (TPSA) is 68.6 Å². The molecule has 6 nitrogen and oxygen atoms in total. The predicted molar refractivity (Wildman–Crippen MR) is 118 cm³/mol. The Morgan fingerprint density at radius 1 is 1.19 bits per heavy atom. The van der Waals surface area contributed by atoms with E-state index in [1.165, 1.54) is 12.1 Å². The summed E-state index contributed by atoms with van der Waals surface area (Å²) in [6.07, 6.45) is 8.41. The summed E-state index contributed by atoms with van der Waals surface area (Å²) in [4.78, 5) is 8.86. The highest BCUT2D eigenvalue weighted by molar-refractivity contribution is 5.58. The highest BCUT2D eigenvalue weighted by atomic mass is 19.1. The first-order chi connectivity index (χ1) is 15.0. The number of nitrogens with one attached hydrogen (secondary N) is 1. The van der Waals surface area contributed by atoms with E-state index >= 15 is 0 Å². The molecular weight excluding hydrogens is 393 g/mol. The zero-order valence-electron chi connectivity index (χ0n) is 17.7. The van der Waals surface area contributed by atoms with Gasteiger partial charge in [-0.25, -0.2) is 14.4 Å². The summed E-state index contributed by atoms with van der Waals surface area (Å²) in [6.45, 7) is 3.96. The van der Waals surface area contributed by atoms with Gasteiger partial charge in [-0.3, -0.25) is 5.10 Å². The molecule has 4 aromatic rings. The van der Waals surface area contributed by atoms with E-state index in [0.717, 1.165) is 34.1 Å². The zero-order chi connectivity index (χ0) is 21.8. The molecule has 4 rings (SSSR count). The molecule has 0 spiro atoms. The number of aromatic amines is 1. The molecule has 1 N–H and O–H groups in total. The van der Waals surface area contributed by atoms with Crippen LogP contribution in [0.15, 0.2) is 61.1 Å². The van der Waals surface area contributed by atoms with Gasteiger partial charge in [-0.15, -0.1) is 0 Å². The first kappa shape index (κ1) is 20.5. The third-order valence-electron chi connectivity index (χ3n) is 5.12. The maximum Gasteiger partial charge on any atom is 0.157 e. The van der Waals surface area contributed by atoms with Gasteiger partial charge in [0.15, 0.2) is 5.82 Å². The molecule has 7 heteroatoms. The minimum absolute atomic E-state index is 0.0156. The number of rotatable bonds is 7. The fraction of sp³-hybridized carbons (Fsp3) is 0.208. The number of benzene rings is 2. The fourth-order valence-corrected chi connectivity index (χ4v) is 3.37. The van der Waals surface area contributed by atoms with Crippen molar-refractivity contribution in [3.05, 3.63) is 95.4 Å². The first-order valence-electron chi connectivity index (χ1n) is 10.1. The van der Waals surface area contributed by atoms with Crippen molar-refractivity contribution >= 4 is 6.08 Å². The van der Waals surface area contributed by atoms with Gasteiger partial charge in [-0.1, -0.05) is 37.3 Å². The van der Waals surface area contributed by atoms with Crippen molar-refractivity contribution in [1.29, 1.82) is 0 Å². The summed E-state index contributed by atoms with van der Waals surface area (Å²) >= 11 is 0. The fourth-order valence-electron chi connectivity index (χ4n) is 3.37. The molecule has 0 saturated heterocycles. The molecule has 158 valence electrons. The van der Waals surface area contributed by atoms with Gasteiger partial charge in [0.1, 0.15) is 17.4 Å². The minimum atomic E-state index is -0.249. The van der Waals surface area contributed by atoms with Crippen molar-refractivity contribution in [2.24, 2.45) is 0 Å². The normalized spacial score (nSPS) is 12.4. The van der Waals surface area contributed by atoms with E-state index in [4.69, 9.17) is 4.74 Å². The summed E-state index contributed by atoms with van der Waals surface area (Å²) in [5, 5.41) is 7.31. The molecule has 1 unspecified atom stereocenters. The lowest BCUT2D eigenvalue weighted by molar-refractivity contribution is 0.413. The molecule has 0 radical (unpaired) electrons. The van der Waals surface area contributed by atoms with Crippen molar-refractivity contribution in [3.8, 4) is 11.4 Å². The van der Waals surface area contributed by atoms with E-state index in [-0.39, 0.29) is 11.7 Å². The Hall–Kier alpha value is -3.74. The molecular formula is C24H24FN5O. The number of methoxy groups -OCH3 is 1. The lowest BCUT2D eigenvalue weighted by atomic mass is 10.0. The second kappa shape index (κ2) is 8.95. The Morgan fingerprint density at radius 2 is 2.00 bits per heavy atom. The molecule has 0 bridgehead atoms. The average Bonchev–Trinajstić information content (AvgIpc) is 3.43. The largest absolute Gasteiger partial charge is 0.495 e. The van der Waals surface area contributed by atoms with E-state index in [2.05, 4.69) is 20.2 Å². The third kappa shape index (κ3) is 4.71. The molecule has 2 aromatic carbocycles. The number of halogens is 1. The van der Waals surface area contributed by atoms with Crippen molar-refractivity contribution in [2.75, 3.05) is 7.11 Å². The van der Waals surface area contributed by atoms with E-state index in [1.807, 2.05) is 55.0 Å². The Labute approximate surface area is 180 Å². The Balaban J connectivity index is 1.43. The molecule has 0 aliphatic carbocycles. The van der Waals surface area contributed by atoms with Gasteiger partial charge in [-0.2, -0.15) is 5.10 Å². The SMILES string of the molecule is COc1cc(C=CCc2nc(C(C)c3ccc(F)cc3)n[nH]2)ccc1-n1cnc(C)c1. The highest BCUT2D eigenvalue weighted by Gasteiger charge is 2.14. The van der Waals surface area contributed by atoms with Gasteiger partial charge in [0.2, 0.25) is 0 Å². The van der Waals surface area contributed by atoms with Crippen molar-refractivity contribution < 1.29 is 9.13 Å². The molecule has 0 aliphatic rings. The highest BCUT2D eigenvalue weighted by Crippen LogP contribution is 2.25. The van der Waals surface area contributed by atoms with Crippen LogP contribution in [0.5, 0.6) is 5.75 Å². The summed E-state index contributed by atoms with van der Waals surface area (Å²) < 4.78 is 20.6. The molecule has 2 aromatic heterocycles. The van der Waals surface area contributed by atoms with Gasteiger partial charge in [0.25, 0.3) is 0 Å². The second-order valence-corrected chi connectivity index (χ2v) is 7.37. The van der Waals surface area contributed by atoms with Crippen LogP contribution in [0.3, 0.4) is 0 Å². The van der Waals surface area contributed by atoms with Gasteiger partial charge in [-0.05, 0) is 42.3 Å². The Bertz CT molecular complexity index is 1190. The lowest BCUT2D eigenvalue weighted by Crippen LogP contribution is -1.99. The minimum Gasteiger partial charge on any atom is -0.495 e. The average molecular weight is 417 g/mol. The van der Waals surface area contributed by atoms with E-state index in [0.29, 0.717) is 12.2 Å². The Kier molecular flexibility index (Phi) is 5.93. The van der Waals surface area contributed by atoms with Crippen LogP contribution in [0.2, 0.25) is 0 Å². The molecule has 0 fully saturated rings. The second-order valence-electron chi connectivity index (χ2n) is 7.37. The number of aryl methyl sites for hydroxylation is 1. The Morgan fingerprint density at radius 3 is 2.71 bits per heavy atom. The van der Waals surface area contributed by atoms with E-state index < -0.39 is 0 Å². The van der Waals surface area contributed by atoms with Crippen LogP contribution in [0.4, 0.5) is 4.39 Å². The van der Waals surface area contributed by atoms with Gasteiger partial charge in [0.05, 0.1) is 24.8 Å². The zero-order valence-corrected chi connectivity index (χ0v) is 17.7. The van der Waals surface area contributed by atoms with Crippen LogP contribution in [-0.4, -0.2) is 31.8 Å². The predicted octanol–water partition coefficient (Wildman–Crippen LogP) is 4.85. The quantitative estimate of drug-likeness (QED) is 0.467. The van der Waals surface area contributed by atoms with Gasteiger partial charge >= 0.3 is 0 Å². The standard InChI is InChI=1S/C24H24FN5O/c1-16-14-30(15-26-16)21-12-7-18(13-22(21)31-3)5-4-6-23-27-24(29-28-23)17(2)19-8-10-20(25)11-9-19/h4-5,7-15,17H,6H2,1-3H3,(H,27,28,29). The number of imidazole rings is 1. The summed E-state index contributed by atoms with van der Waals surface area (Å²) in [5.41, 5.74) is 3.89. The maximum atomic E-state index is 13.1. The molecule has 2 heterocycles. The molecule has 0 saturated carbocycles. The number of hydrogen-bond donors (Lipinski definition) is 1. The third-order valence-corrected chi connectivity index (χ3v) is 5.12. The number of H-pyrrole nitrogens is 1. The lowest BCUT2D eigenvalue weighted by Gasteiger charge is -2.09. The van der Waals surface area contributed by atoms with Crippen LogP contribution >= 0.6 is 0 Å². The van der Waals surface area contributed by atoms with E-state index in [9.17, 15) is 4.39 Å². The summed E-state index contributed by atoms with van der Waals surface area (Å²) in [7, 11) is 1.66. The number of ether oxygens (including phenoxy) is 1. The number of hydrogen-bond acceptors (Lipinski definition) is 4. The molecule has 1 atom stereocenters. The monoisotopic (exact) mass is 417 g/mol. The van der Waals surface area contributed by atoms with Crippen molar-refractivity contribution in [2.45, 2.75) is 26.2 Å². The van der Waals surface area contributed by atoms with E-state index in [1.54, 1.807) is 25.6 Å². The first-order valence-corrected chi connectivity index (χ1v) is 10.1. The number of nitrogens with zero attached hydrogens (tertiary/aromatic N) is 4. The van der Waals surface area contributed by atoms with Gasteiger partial charge < -0.3 is 9.30 Å². The van der Waals surface area contributed by atoms with Crippen LogP contribution < -0.4 is 4.74 Å². The van der Waals surface area contributed by atoms with Crippen molar-refractivity contribution in [1.82, 2.24) is 24.7 Å². The molecule has 0 aliphatic heterocycles. The van der Waals surface area contributed by atoms with Gasteiger partial charge in [0, 0.05) is 18.5 Å².